The number of carbonyl (C=O) groups is 1. The first-order valence-electron chi connectivity index (χ1n) is 7.08. The predicted molar refractivity (Wildman–Crippen MR) is 69.4 cm³/mol. The molecule has 2 aliphatic carbocycles. The molecule has 0 spiro atoms. The van der Waals surface area contributed by atoms with Gasteiger partial charge in [-0.3, -0.25) is 4.79 Å². The molecule has 0 aromatic rings. The molecule has 0 saturated heterocycles. The van der Waals surface area contributed by atoms with E-state index in [9.17, 15) is 4.79 Å². The van der Waals surface area contributed by atoms with E-state index >= 15 is 0 Å². The minimum absolute atomic E-state index is 0.219. The summed E-state index contributed by atoms with van der Waals surface area (Å²) in [7, 11) is 0. The Bertz CT molecular complexity index is 280. The molecule has 0 heterocycles. The lowest BCUT2D eigenvalue weighted by Crippen LogP contribution is -2.54. The van der Waals surface area contributed by atoms with Gasteiger partial charge in [-0.1, -0.05) is 20.3 Å². The van der Waals surface area contributed by atoms with Gasteiger partial charge in [0, 0.05) is 12.6 Å². The van der Waals surface area contributed by atoms with E-state index in [0.29, 0.717) is 18.5 Å². The van der Waals surface area contributed by atoms with Crippen molar-refractivity contribution in [2.24, 2.45) is 23.0 Å². The molecule has 3 atom stereocenters. The fraction of sp³-hybridized carbons (Fsp3) is 0.929. The average molecular weight is 238 g/mol. The highest BCUT2D eigenvalue weighted by Crippen LogP contribution is 2.40. The van der Waals surface area contributed by atoms with E-state index in [1.165, 1.54) is 12.8 Å². The number of hydrogen-bond acceptors (Lipinski definition) is 2. The SMILES string of the molecule is CC1CCC(NC(=O)C2(CN)CCC2)C(C)C1. The molecule has 17 heavy (non-hydrogen) atoms. The predicted octanol–water partition coefficient (Wildman–Crippen LogP) is 2.06. The van der Waals surface area contributed by atoms with Crippen LogP contribution in [0.4, 0.5) is 0 Å². The second kappa shape index (κ2) is 4.97. The van der Waals surface area contributed by atoms with E-state index in [1.807, 2.05) is 0 Å². The fourth-order valence-corrected chi connectivity index (χ4v) is 3.33. The molecular formula is C14H26N2O. The summed E-state index contributed by atoms with van der Waals surface area (Å²) >= 11 is 0. The van der Waals surface area contributed by atoms with E-state index in [0.717, 1.165) is 31.6 Å². The van der Waals surface area contributed by atoms with Gasteiger partial charge in [0.1, 0.15) is 0 Å². The summed E-state index contributed by atoms with van der Waals surface area (Å²) in [6, 6.07) is 0.378. The van der Waals surface area contributed by atoms with Gasteiger partial charge in [0.25, 0.3) is 0 Å². The van der Waals surface area contributed by atoms with Crippen LogP contribution in [0.25, 0.3) is 0 Å². The zero-order chi connectivity index (χ0) is 12.5. The summed E-state index contributed by atoms with van der Waals surface area (Å²) in [4.78, 5) is 12.3. The van der Waals surface area contributed by atoms with Crippen LogP contribution in [0.2, 0.25) is 0 Å². The Hall–Kier alpha value is -0.570. The van der Waals surface area contributed by atoms with E-state index in [-0.39, 0.29) is 11.3 Å². The Kier molecular flexibility index (Phi) is 3.76. The molecule has 3 heteroatoms. The molecule has 0 radical (unpaired) electrons. The normalized spacial score (nSPS) is 36.1. The van der Waals surface area contributed by atoms with Crippen LogP contribution < -0.4 is 11.1 Å². The zero-order valence-corrected chi connectivity index (χ0v) is 11.2. The van der Waals surface area contributed by atoms with Crippen molar-refractivity contribution in [2.45, 2.75) is 58.4 Å². The Morgan fingerprint density at radius 3 is 2.53 bits per heavy atom. The van der Waals surface area contributed by atoms with Crippen LogP contribution in [0.1, 0.15) is 52.4 Å². The van der Waals surface area contributed by atoms with Crippen molar-refractivity contribution in [3.05, 3.63) is 0 Å². The summed E-state index contributed by atoms with van der Waals surface area (Å²) < 4.78 is 0. The monoisotopic (exact) mass is 238 g/mol. The Balaban J connectivity index is 1.90. The molecule has 3 nitrogen and oxygen atoms in total. The molecule has 0 aromatic heterocycles. The molecule has 2 rings (SSSR count). The second-order valence-electron chi connectivity index (χ2n) is 6.31. The Labute approximate surface area is 105 Å². The molecule has 0 aliphatic heterocycles. The molecule has 0 bridgehead atoms. The van der Waals surface area contributed by atoms with Gasteiger partial charge in [-0.25, -0.2) is 0 Å². The fourth-order valence-electron chi connectivity index (χ4n) is 3.33. The molecule has 2 fully saturated rings. The van der Waals surface area contributed by atoms with Crippen molar-refractivity contribution >= 4 is 5.91 Å². The van der Waals surface area contributed by atoms with Gasteiger partial charge in [-0.15, -0.1) is 0 Å². The minimum atomic E-state index is -0.219. The number of carbonyl (C=O) groups excluding carboxylic acids is 1. The Morgan fingerprint density at radius 2 is 2.06 bits per heavy atom. The van der Waals surface area contributed by atoms with Crippen LogP contribution in [0.15, 0.2) is 0 Å². The molecule has 1 amide bonds. The molecule has 3 unspecified atom stereocenters. The van der Waals surface area contributed by atoms with Crippen molar-refractivity contribution in [1.82, 2.24) is 5.32 Å². The summed E-state index contributed by atoms with van der Waals surface area (Å²) in [6.07, 6.45) is 6.72. The van der Waals surface area contributed by atoms with Crippen molar-refractivity contribution in [1.29, 1.82) is 0 Å². The highest BCUT2D eigenvalue weighted by Gasteiger charge is 2.43. The first-order valence-corrected chi connectivity index (χ1v) is 7.08. The maximum atomic E-state index is 12.3. The summed E-state index contributed by atoms with van der Waals surface area (Å²) in [6.45, 7) is 5.08. The maximum Gasteiger partial charge on any atom is 0.227 e. The number of hydrogen-bond donors (Lipinski definition) is 2. The van der Waals surface area contributed by atoms with Gasteiger partial charge in [0.05, 0.1) is 5.41 Å². The van der Waals surface area contributed by atoms with Gasteiger partial charge in [0.15, 0.2) is 0 Å². The molecular weight excluding hydrogens is 212 g/mol. The first-order chi connectivity index (χ1) is 8.07. The van der Waals surface area contributed by atoms with Gasteiger partial charge in [-0.05, 0) is 43.9 Å². The van der Waals surface area contributed by atoms with Crippen LogP contribution >= 0.6 is 0 Å². The highest BCUT2D eigenvalue weighted by molar-refractivity contribution is 5.84. The number of amides is 1. The van der Waals surface area contributed by atoms with Crippen LogP contribution in [0.3, 0.4) is 0 Å². The number of nitrogens with two attached hydrogens (primary N) is 1. The van der Waals surface area contributed by atoms with Gasteiger partial charge < -0.3 is 11.1 Å². The lowest BCUT2D eigenvalue weighted by atomic mass is 9.67. The highest BCUT2D eigenvalue weighted by atomic mass is 16.2. The molecule has 2 aliphatic rings. The van der Waals surface area contributed by atoms with Crippen LogP contribution in [0, 0.1) is 17.3 Å². The maximum absolute atomic E-state index is 12.3. The third-order valence-corrected chi connectivity index (χ3v) is 4.93. The second-order valence-corrected chi connectivity index (χ2v) is 6.31. The standard InChI is InChI=1S/C14H26N2O/c1-10-4-5-12(11(2)8-10)16-13(17)14(9-15)6-3-7-14/h10-12H,3-9,15H2,1-2H3,(H,16,17). The van der Waals surface area contributed by atoms with E-state index in [1.54, 1.807) is 0 Å². The molecule has 0 aromatic carbocycles. The quantitative estimate of drug-likeness (QED) is 0.790. The lowest BCUT2D eigenvalue weighted by molar-refractivity contribution is -0.136. The molecule has 3 N–H and O–H groups in total. The van der Waals surface area contributed by atoms with Crippen LogP contribution in [-0.4, -0.2) is 18.5 Å². The lowest BCUT2D eigenvalue weighted by Gasteiger charge is -2.42. The summed E-state index contributed by atoms with van der Waals surface area (Å²) in [5.41, 5.74) is 5.55. The van der Waals surface area contributed by atoms with Crippen LogP contribution in [-0.2, 0) is 4.79 Å². The van der Waals surface area contributed by atoms with E-state index < -0.39 is 0 Å². The minimum Gasteiger partial charge on any atom is -0.353 e. The van der Waals surface area contributed by atoms with Crippen molar-refractivity contribution in [3.63, 3.8) is 0 Å². The average Bonchev–Trinajstić information content (AvgIpc) is 2.21. The number of nitrogens with one attached hydrogen (secondary N) is 1. The summed E-state index contributed by atoms with van der Waals surface area (Å²) in [5.74, 6) is 1.64. The summed E-state index contributed by atoms with van der Waals surface area (Å²) in [5, 5.41) is 3.26. The topological polar surface area (TPSA) is 55.1 Å². The van der Waals surface area contributed by atoms with E-state index in [4.69, 9.17) is 5.73 Å². The smallest absolute Gasteiger partial charge is 0.227 e. The first kappa shape index (κ1) is 12.9. The third-order valence-electron chi connectivity index (χ3n) is 4.93. The van der Waals surface area contributed by atoms with Gasteiger partial charge in [0.2, 0.25) is 5.91 Å². The Morgan fingerprint density at radius 1 is 1.35 bits per heavy atom. The van der Waals surface area contributed by atoms with Gasteiger partial charge in [-0.2, -0.15) is 0 Å². The van der Waals surface area contributed by atoms with Crippen LogP contribution in [0.5, 0.6) is 0 Å². The van der Waals surface area contributed by atoms with Crippen molar-refractivity contribution in [2.75, 3.05) is 6.54 Å². The third kappa shape index (κ3) is 2.49. The van der Waals surface area contributed by atoms with Gasteiger partial charge >= 0.3 is 0 Å². The van der Waals surface area contributed by atoms with Crippen molar-refractivity contribution in [3.8, 4) is 0 Å². The molecule has 2 saturated carbocycles. The van der Waals surface area contributed by atoms with E-state index in [2.05, 4.69) is 19.2 Å². The zero-order valence-electron chi connectivity index (χ0n) is 11.2. The number of rotatable bonds is 3. The van der Waals surface area contributed by atoms with Crippen molar-refractivity contribution < 1.29 is 4.79 Å². The molecule has 98 valence electrons. The largest absolute Gasteiger partial charge is 0.353 e.